The summed E-state index contributed by atoms with van der Waals surface area (Å²) >= 11 is 0. The van der Waals surface area contributed by atoms with Crippen molar-refractivity contribution in [2.45, 2.75) is 25.3 Å². The van der Waals surface area contributed by atoms with Gasteiger partial charge in [-0.25, -0.2) is 0 Å². The lowest BCUT2D eigenvalue weighted by Crippen LogP contribution is -2.33. The Kier molecular flexibility index (Phi) is 3.94. The van der Waals surface area contributed by atoms with E-state index in [0.29, 0.717) is 6.54 Å². The summed E-state index contributed by atoms with van der Waals surface area (Å²) in [6, 6.07) is 7.92. The van der Waals surface area contributed by atoms with Gasteiger partial charge in [0.2, 0.25) is 0 Å². The molecule has 0 atom stereocenters. The Morgan fingerprint density at radius 2 is 2.00 bits per heavy atom. The van der Waals surface area contributed by atoms with Crippen LogP contribution in [0.15, 0.2) is 36.4 Å². The van der Waals surface area contributed by atoms with E-state index in [0.717, 1.165) is 30.4 Å². The van der Waals surface area contributed by atoms with Gasteiger partial charge in [0.25, 0.3) is 5.91 Å². The Balaban J connectivity index is 2.07. The summed E-state index contributed by atoms with van der Waals surface area (Å²) in [6.07, 6.45) is 6.83. The number of rotatable bonds is 4. The number of nitrogens with two attached hydrogens (primary N) is 1. The first-order valence-electron chi connectivity index (χ1n) is 6.05. The highest BCUT2D eigenvalue weighted by atomic mass is 16.1. The second-order valence-electron chi connectivity index (χ2n) is 4.31. The number of nitrogens with one attached hydrogen (secondary N) is 1. The van der Waals surface area contributed by atoms with Gasteiger partial charge < -0.3 is 11.1 Å². The summed E-state index contributed by atoms with van der Waals surface area (Å²) in [5.41, 5.74) is 7.33. The number of carbonyl (C=O) groups excluding carboxylic acids is 1. The van der Waals surface area contributed by atoms with Gasteiger partial charge in [0, 0.05) is 11.6 Å². The van der Waals surface area contributed by atoms with Crippen LogP contribution in [0.4, 0.5) is 0 Å². The number of hydrogen-bond acceptors (Lipinski definition) is 2. The number of carbonyl (C=O) groups is 1. The molecule has 0 unspecified atom stereocenters. The fraction of sp³-hybridized carbons (Fsp3) is 0.357. The van der Waals surface area contributed by atoms with Gasteiger partial charge in [0.05, 0.1) is 0 Å². The van der Waals surface area contributed by atoms with Crippen molar-refractivity contribution in [3.05, 3.63) is 47.5 Å². The third-order valence-corrected chi connectivity index (χ3v) is 3.02. The van der Waals surface area contributed by atoms with Crippen molar-refractivity contribution >= 4 is 5.91 Å². The highest BCUT2D eigenvalue weighted by Gasteiger charge is 2.16. The zero-order valence-electron chi connectivity index (χ0n) is 9.86. The summed E-state index contributed by atoms with van der Waals surface area (Å²) < 4.78 is 0. The van der Waals surface area contributed by atoms with Crippen LogP contribution in [-0.4, -0.2) is 18.5 Å². The number of hydrogen-bond donors (Lipinski definition) is 2. The lowest BCUT2D eigenvalue weighted by molar-refractivity contribution is 0.0938. The molecule has 1 aromatic carbocycles. The van der Waals surface area contributed by atoms with E-state index in [4.69, 9.17) is 5.73 Å². The SMILES string of the molecule is NCCc1ccccc1C(=O)NC1CC=CC1. The summed E-state index contributed by atoms with van der Waals surface area (Å²) in [5.74, 6) is 0.0164. The first kappa shape index (κ1) is 11.9. The van der Waals surface area contributed by atoms with E-state index in [1.807, 2.05) is 24.3 Å². The molecule has 3 heteroatoms. The molecular weight excluding hydrogens is 212 g/mol. The van der Waals surface area contributed by atoms with Crippen LogP contribution in [0.25, 0.3) is 0 Å². The van der Waals surface area contributed by atoms with Crippen molar-refractivity contribution in [2.24, 2.45) is 5.73 Å². The molecule has 3 nitrogen and oxygen atoms in total. The second kappa shape index (κ2) is 5.64. The predicted octanol–water partition coefficient (Wildman–Crippen LogP) is 1.64. The third kappa shape index (κ3) is 2.94. The average Bonchev–Trinajstić information content (AvgIpc) is 2.83. The molecule has 0 fully saturated rings. The molecule has 1 amide bonds. The molecule has 0 aliphatic heterocycles. The van der Waals surface area contributed by atoms with Crippen LogP contribution in [0.2, 0.25) is 0 Å². The minimum absolute atomic E-state index is 0.0164. The molecule has 2 rings (SSSR count). The minimum Gasteiger partial charge on any atom is -0.349 e. The second-order valence-corrected chi connectivity index (χ2v) is 4.31. The molecule has 17 heavy (non-hydrogen) atoms. The lowest BCUT2D eigenvalue weighted by Gasteiger charge is -2.14. The maximum atomic E-state index is 12.1. The van der Waals surface area contributed by atoms with Gasteiger partial charge in [-0.1, -0.05) is 30.4 Å². The van der Waals surface area contributed by atoms with Crippen molar-refractivity contribution < 1.29 is 4.79 Å². The Hall–Kier alpha value is -1.61. The molecule has 1 aliphatic rings. The zero-order valence-corrected chi connectivity index (χ0v) is 9.86. The Morgan fingerprint density at radius 3 is 2.71 bits per heavy atom. The molecule has 1 aliphatic carbocycles. The van der Waals surface area contributed by atoms with Crippen molar-refractivity contribution in [1.29, 1.82) is 0 Å². The van der Waals surface area contributed by atoms with Crippen molar-refractivity contribution in [3.63, 3.8) is 0 Å². The van der Waals surface area contributed by atoms with Gasteiger partial charge in [-0.15, -0.1) is 0 Å². The predicted molar refractivity (Wildman–Crippen MR) is 68.8 cm³/mol. The first-order valence-corrected chi connectivity index (χ1v) is 6.05. The fourth-order valence-electron chi connectivity index (χ4n) is 2.11. The Bertz CT molecular complexity index is 418. The van der Waals surface area contributed by atoms with E-state index in [9.17, 15) is 4.79 Å². The highest BCUT2D eigenvalue weighted by Crippen LogP contribution is 2.13. The van der Waals surface area contributed by atoms with Crippen LogP contribution >= 0.6 is 0 Å². The molecule has 1 aromatic rings. The van der Waals surface area contributed by atoms with Gasteiger partial charge >= 0.3 is 0 Å². The standard InChI is InChI=1S/C14H18N2O/c15-10-9-11-5-1-4-8-13(11)14(17)16-12-6-2-3-7-12/h1-5,8,12H,6-7,9-10,15H2,(H,16,17). The normalized spacial score (nSPS) is 15.1. The smallest absolute Gasteiger partial charge is 0.251 e. The molecular formula is C14H18N2O. The van der Waals surface area contributed by atoms with Crippen LogP contribution in [0, 0.1) is 0 Å². The van der Waals surface area contributed by atoms with Crippen LogP contribution in [0.5, 0.6) is 0 Å². The molecule has 0 bridgehead atoms. The van der Waals surface area contributed by atoms with E-state index in [2.05, 4.69) is 17.5 Å². The highest BCUT2D eigenvalue weighted by molar-refractivity contribution is 5.95. The maximum absolute atomic E-state index is 12.1. The van der Waals surface area contributed by atoms with Gasteiger partial charge in [-0.3, -0.25) is 4.79 Å². The molecule has 0 radical (unpaired) electrons. The van der Waals surface area contributed by atoms with Crippen LogP contribution < -0.4 is 11.1 Å². The summed E-state index contributed by atoms with van der Waals surface area (Å²) in [4.78, 5) is 12.1. The Morgan fingerprint density at radius 1 is 1.29 bits per heavy atom. The zero-order chi connectivity index (χ0) is 12.1. The van der Waals surface area contributed by atoms with Gasteiger partial charge in [-0.2, -0.15) is 0 Å². The number of benzene rings is 1. The summed E-state index contributed by atoms with van der Waals surface area (Å²) in [7, 11) is 0. The number of amides is 1. The van der Waals surface area contributed by atoms with Crippen LogP contribution in [-0.2, 0) is 6.42 Å². The molecule has 0 saturated carbocycles. The van der Waals surface area contributed by atoms with Gasteiger partial charge in [0.15, 0.2) is 0 Å². The van der Waals surface area contributed by atoms with Gasteiger partial charge in [-0.05, 0) is 37.4 Å². The van der Waals surface area contributed by atoms with E-state index < -0.39 is 0 Å². The van der Waals surface area contributed by atoms with Crippen LogP contribution in [0.3, 0.4) is 0 Å². The van der Waals surface area contributed by atoms with Crippen LogP contribution in [0.1, 0.15) is 28.8 Å². The monoisotopic (exact) mass is 230 g/mol. The molecule has 0 heterocycles. The minimum atomic E-state index is 0.0164. The quantitative estimate of drug-likeness (QED) is 0.772. The first-order chi connectivity index (χ1) is 8.31. The largest absolute Gasteiger partial charge is 0.349 e. The third-order valence-electron chi connectivity index (χ3n) is 3.02. The fourth-order valence-corrected chi connectivity index (χ4v) is 2.11. The topological polar surface area (TPSA) is 55.1 Å². The van der Waals surface area contributed by atoms with E-state index in [1.165, 1.54) is 0 Å². The summed E-state index contributed by atoms with van der Waals surface area (Å²) in [6.45, 7) is 0.565. The lowest BCUT2D eigenvalue weighted by atomic mass is 10.0. The molecule has 0 aromatic heterocycles. The van der Waals surface area contributed by atoms with Crippen molar-refractivity contribution in [3.8, 4) is 0 Å². The molecule has 3 N–H and O–H groups in total. The Labute approximate surface area is 102 Å². The van der Waals surface area contributed by atoms with E-state index in [-0.39, 0.29) is 11.9 Å². The molecule has 0 spiro atoms. The summed E-state index contributed by atoms with van der Waals surface area (Å²) in [5, 5.41) is 3.05. The van der Waals surface area contributed by atoms with E-state index in [1.54, 1.807) is 0 Å². The average molecular weight is 230 g/mol. The maximum Gasteiger partial charge on any atom is 0.251 e. The molecule has 0 saturated heterocycles. The van der Waals surface area contributed by atoms with E-state index >= 15 is 0 Å². The van der Waals surface area contributed by atoms with Crippen molar-refractivity contribution in [1.82, 2.24) is 5.32 Å². The van der Waals surface area contributed by atoms with Crippen molar-refractivity contribution in [2.75, 3.05) is 6.54 Å². The van der Waals surface area contributed by atoms with Gasteiger partial charge in [0.1, 0.15) is 0 Å². The molecule has 90 valence electrons.